The van der Waals surface area contributed by atoms with Crippen LogP contribution in [0.2, 0.25) is 0 Å². The summed E-state index contributed by atoms with van der Waals surface area (Å²) in [5.41, 5.74) is 2.14. The molecular formula is C16H22N2O. The van der Waals surface area contributed by atoms with Crippen molar-refractivity contribution in [1.82, 2.24) is 10.3 Å². The van der Waals surface area contributed by atoms with Crippen molar-refractivity contribution < 1.29 is 4.79 Å². The third-order valence-electron chi connectivity index (χ3n) is 3.26. The number of fused-ring (bicyclic) bond motifs is 1. The Morgan fingerprint density at radius 2 is 2.00 bits per heavy atom. The van der Waals surface area contributed by atoms with E-state index in [0.29, 0.717) is 12.3 Å². The highest BCUT2D eigenvalue weighted by Crippen LogP contribution is 2.18. The Labute approximate surface area is 114 Å². The first kappa shape index (κ1) is 13.7. The van der Waals surface area contributed by atoms with Crippen molar-refractivity contribution >= 4 is 16.8 Å². The van der Waals surface area contributed by atoms with Gasteiger partial charge in [0.2, 0.25) is 5.91 Å². The summed E-state index contributed by atoms with van der Waals surface area (Å²) in [7, 11) is 0. The molecule has 0 aliphatic heterocycles. The van der Waals surface area contributed by atoms with Crippen LogP contribution in [0.4, 0.5) is 0 Å². The average molecular weight is 258 g/mol. The molecule has 0 bridgehead atoms. The van der Waals surface area contributed by atoms with Gasteiger partial charge in [0.25, 0.3) is 0 Å². The minimum atomic E-state index is 0.0953. The molecule has 2 aromatic rings. The fourth-order valence-electron chi connectivity index (χ4n) is 2.54. The zero-order valence-corrected chi connectivity index (χ0v) is 11.9. The summed E-state index contributed by atoms with van der Waals surface area (Å²) < 4.78 is 0. The smallest absolute Gasteiger partial charge is 0.224 e. The standard InChI is InChI=1S/C16H22N2O/c1-11(2)8-12(3)18-16(19)9-13-10-17-15-7-5-4-6-14(13)15/h4-7,10-12,17H,8-9H2,1-3H3,(H,18,19). The molecule has 1 amide bonds. The summed E-state index contributed by atoms with van der Waals surface area (Å²) in [5, 5.41) is 4.19. The molecular weight excluding hydrogens is 236 g/mol. The predicted molar refractivity (Wildman–Crippen MR) is 79.1 cm³/mol. The van der Waals surface area contributed by atoms with Gasteiger partial charge in [0.15, 0.2) is 0 Å². The lowest BCUT2D eigenvalue weighted by Gasteiger charge is -2.15. The van der Waals surface area contributed by atoms with E-state index in [4.69, 9.17) is 0 Å². The number of benzene rings is 1. The minimum Gasteiger partial charge on any atom is -0.361 e. The molecule has 3 heteroatoms. The summed E-state index contributed by atoms with van der Waals surface area (Å²) in [6, 6.07) is 8.30. The van der Waals surface area contributed by atoms with E-state index in [0.717, 1.165) is 22.9 Å². The van der Waals surface area contributed by atoms with Gasteiger partial charge in [0, 0.05) is 23.1 Å². The molecule has 0 spiro atoms. The maximum Gasteiger partial charge on any atom is 0.224 e. The van der Waals surface area contributed by atoms with Gasteiger partial charge < -0.3 is 10.3 Å². The van der Waals surface area contributed by atoms with Gasteiger partial charge in [0.05, 0.1) is 6.42 Å². The van der Waals surface area contributed by atoms with Crippen molar-refractivity contribution in [3.8, 4) is 0 Å². The molecule has 1 aromatic heterocycles. The lowest BCUT2D eigenvalue weighted by Crippen LogP contribution is -2.34. The SMILES string of the molecule is CC(C)CC(C)NC(=O)Cc1c[nH]c2ccccc12. The number of carbonyl (C=O) groups is 1. The molecule has 1 unspecified atom stereocenters. The molecule has 1 atom stereocenters. The highest BCUT2D eigenvalue weighted by Gasteiger charge is 2.11. The molecule has 1 heterocycles. The van der Waals surface area contributed by atoms with Gasteiger partial charge in [-0.3, -0.25) is 4.79 Å². The Balaban J connectivity index is 1.99. The molecule has 0 aliphatic carbocycles. The maximum atomic E-state index is 12.0. The number of aromatic amines is 1. The second-order valence-corrected chi connectivity index (χ2v) is 5.63. The third kappa shape index (κ3) is 3.60. The Morgan fingerprint density at radius 1 is 1.26 bits per heavy atom. The summed E-state index contributed by atoms with van der Waals surface area (Å²) >= 11 is 0. The van der Waals surface area contributed by atoms with Gasteiger partial charge >= 0.3 is 0 Å². The monoisotopic (exact) mass is 258 g/mol. The maximum absolute atomic E-state index is 12.0. The number of nitrogens with one attached hydrogen (secondary N) is 2. The van der Waals surface area contributed by atoms with Crippen LogP contribution in [-0.4, -0.2) is 16.9 Å². The van der Waals surface area contributed by atoms with E-state index in [1.165, 1.54) is 0 Å². The van der Waals surface area contributed by atoms with Crippen molar-refractivity contribution in [1.29, 1.82) is 0 Å². The first-order chi connectivity index (χ1) is 9.06. The molecule has 0 fully saturated rings. The van der Waals surface area contributed by atoms with E-state index < -0.39 is 0 Å². The first-order valence-corrected chi connectivity index (χ1v) is 6.90. The second-order valence-electron chi connectivity index (χ2n) is 5.63. The summed E-state index contributed by atoms with van der Waals surface area (Å²) in [6.45, 7) is 6.40. The molecule has 2 N–H and O–H groups in total. The van der Waals surface area contributed by atoms with Crippen LogP contribution >= 0.6 is 0 Å². The van der Waals surface area contributed by atoms with Gasteiger partial charge in [-0.05, 0) is 30.9 Å². The van der Waals surface area contributed by atoms with Crippen molar-refractivity contribution in [3.05, 3.63) is 36.0 Å². The summed E-state index contributed by atoms with van der Waals surface area (Å²) in [4.78, 5) is 15.2. The molecule has 1 aromatic carbocycles. The Bertz CT molecular complexity index is 557. The van der Waals surface area contributed by atoms with Gasteiger partial charge in [-0.15, -0.1) is 0 Å². The topological polar surface area (TPSA) is 44.9 Å². The number of para-hydroxylation sites is 1. The van der Waals surface area contributed by atoms with Crippen LogP contribution in [0.1, 0.15) is 32.8 Å². The zero-order valence-electron chi connectivity index (χ0n) is 11.9. The fraction of sp³-hybridized carbons (Fsp3) is 0.438. The van der Waals surface area contributed by atoms with Crippen LogP contribution < -0.4 is 5.32 Å². The van der Waals surface area contributed by atoms with Crippen molar-refractivity contribution in [2.45, 2.75) is 39.7 Å². The number of hydrogen-bond acceptors (Lipinski definition) is 1. The second kappa shape index (κ2) is 5.91. The third-order valence-corrected chi connectivity index (χ3v) is 3.26. The minimum absolute atomic E-state index is 0.0953. The van der Waals surface area contributed by atoms with Crippen molar-refractivity contribution in [2.75, 3.05) is 0 Å². The number of H-pyrrole nitrogens is 1. The normalized spacial score (nSPS) is 12.8. The van der Waals surface area contributed by atoms with Crippen LogP contribution in [0, 0.1) is 5.92 Å². The van der Waals surface area contributed by atoms with Gasteiger partial charge in [-0.25, -0.2) is 0 Å². The molecule has 2 rings (SSSR count). The van der Waals surface area contributed by atoms with E-state index >= 15 is 0 Å². The lowest BCUT2D eigenvalue weighted by molar-refractivity contribution is -0.121. The lowest BCUT2D eigenvalue weighted by atomic mass is 10.0. The van der Waals surface area contributed by atoms with E-state index in [-0.39, 0.29) is 11.9 Å². The van der Waals surface area contributed by atoms with Crippen LogP contribution in [0.15, 0.2) is 30.5 Å². The van der Waals surface area contributed by atoms with Crippen LogP contribution in [0.25, 0.3) is 10.9 Å². The molecule has 0 saturated carbocycles. The fourth-order valence-corrected chi connectivity index (χ4v) is 2.54. The highest BCUT2D eigenvalue weighted by atomic mass is 16.1. The number of hydrogen-bond donors (Lipinski definition) is 2. The van der Waals surface area contributed by atoms with Crippen molar-refractivity contribution in [3.63, 3.8) is 0 Å². The molecule has 0 saturated heterocycles. The highest BCUT2D eigenvalue weighted by molar-refractivity contribution is 5.88. The van der Waals surface area contributed by atoms with Gasteiger partial charge in [0.1, 0.15) is 0 Å². The number of rotatable bonds is 5. The molecule has 3 nitrogen and oxygen atoms in total. The summed E-state index contributed by atoms with van der Waals surface area (Å²) in [5.74, 6) is 0.696. The van der Waals surface area contributed by atoms with E-state index in [2.05, 4.69) is 31.1 Å². The molecule has 102 valence electrons. The Hall–Kier alpha value is -1.77. The van der Waals surface area contributed by atoms with Crippen LogP contribution in [0.3, 0.4) is 0 Å². The Kier molecular flexibility index (Phi) is 4.25. The number of carbonyl (C=O) groups excluding carboxylic acids is 1. The Morgan fingerprint density at radius 3 is 2.74 bits per heavy atom. The van der Waals surface area contributed by atoms with E-state index in [9.17, 15) is 4.79 Å². The number of amides is 1. The quantitative estimate of drug-likeness (QED) is 0.849. The first-order valence-electron chi connectivity index (χ1n) is 6.90. The summed E-state index contributed by atoms with van der Waals surface area (Å²) in [6.07, 6.45) is 3.38. The van der Waals surface area contributed by atoms with Crippen LogP contribution in [0.5, 0.6) is 0 Å². The molecule has 19 heavy (non-hydrogen) atoms. The van der Waals surface area contributed by atoms with Gasteiger partial charge in [-0.2, -0.15) is 0 Å². The molecule has 0 aliphatic rings. The molecule has 0 radical (unpaired) electrons. The zero-order chi connectivity index (χ0) is 13.8. The largest absolute Gasteiger partial charge is 0.361 e. The van der Waals surface area contributed by atoms with Gasteiger partial charge in [-0.1, -0.05) is 32.0 Å². The van der Waals surface area contributed by atoms with E-state index in [1.807, 2.05) is 30.5 Å². The average Bonchev–Trinajstić information content (AvgIpc) is 2.71. The van der Waals surface area contributed by atoms with Crippen molar-refractivity contribution in [2.24, 2.45) is 5.92 Å². The van der Waals surface area contributed by atoms with Crippen LogP contribution in [-0.2, 0) is 11.2 Å². The van der Waals surface area contributed by atoms with E-state index in [1.54, 1.807) is 0 Å². The number of aromatic nitrogens is 1. The predicted octanol–water partition coefficient (Wildman–Crippen LogP) is 3.26.